The molecule has 2 aromatic rings. The van der Waals surface area contributed by atoms with Gasteiger partial charge in [0.15, 0.2) is 0 Å². The third-order valence-electron chi connectivity index (χ3n) is 3.81. The Morgan fingerprint density at radius 2 is 1.65 bits per heavy atom. The first kappa shape index (κ1) is 16.7. The first-order chi connectivity index (χ1) is 11.0. The first-order valence-electron chi connectivity index (χ1n) is 7.60. The Morgan fingerprint density at radius 3 is 2.30 bits per heavy atom. The number of rotatable bonds is 5. The summed E-state index contributed by atoms with van der Waals surface area (Å²) in [7, 11) is 1.74. The van der Waals surface area contributed by atoms with Crippen molar-refractivity contribution >= 4 is 11.8 Å². The van der Waals surface area contributed by atoms with Gasteiger partial charge in [-0.05, 0) is 37.1 Å². The minimum absolute atomic E-state index is 0.00487. The summed E-state index contributed by atoms with van der Waals surface area (Å²) in [5, 5.41) is 2.67. The largest absolute Gasteiger partial charge is 0.343 e. The van der Waals surface area contributed by atoms with Crippen LogP contribution in [0.15, 0.2) is 48.5 Å². The molecule has 0 aliphatic rings. The highest BCUT2D eigenvalue weighted by atomic mass is 16.2. The Bertz CT molecular complexity index is 693. The molecule has 1 N–H and O–H groups in total. The molecule has 2 amide bonds. The minimum Gasteiger partial charge on any atom is -0.343 e. The molecule has 4 nitrogen and oxygen atoms in total. The number of carbonyl (C=O) groups is 2. The quantitative estimate of drug-likeness (QED) is 0.923. The number of amides is 2. The van der Waals surface area contributed by atoms with Gasteiger partial charge in [0, 0.05) is 19.2 Å². The molecule has 0 heterocycles. The highest BCUT2D eigenvalue weighted by molar-refractivity contribution is 5.96. The van der Waals surface area contributed by atoms with Crippen LogP contribution in [0.4, 0.5) is 0 Å². The molecule has 2 aromatic carbocycles. The van der Waals surface area contributed by atoms with E-state index in [2.05, 4.69) is 5.32 Å². The van der Waals surface area contributed by atoms with Crippen LogP contribution in [0, 0.1) is 13.8 Å². The summed E-state index contributed by atoms with van der Waals surface area (Å²) in [5.74, 6) is -0.351. The molecule has 0 spiro atoms. The molecule has 0 aliphatic carbocycles. The molecule has 0 fully saturated rings. The van der Waals surface area contributed by atoms with Gasteiger partial charge < -0.3 is 10.2 Å². The maximum Gasteiger partial charge on any atom is 0.251 e. The van der Waals surface area contributed by atoms with E-state index in [0.717, 1.165) is 16.7 Å². The Balaban J connectivity index is 1.87. The summed E-state index contributed by atoms with van der Waals surface area (Å²) >= 11 is 0. The Hall–Kier alpha value is -2.62. The molecule has 0 aliphatic heterocycles. The Morgan fingerprint density at radius 1 is 1.00 bits per heavy atom. The van der Waals surface area contributed by atoms with Crippen LogP contribution in [0.5, 0.6) is 0 Å². The van der Waals surface area contributed by atoms with Crippen molar-refractivity contribution in [3.05, 3.63) is 70.8 Å². The van der Waals surface area contributed by atoms with Crippen LogP contribution in [0.25, 0.3) is 0 Å². The van der Waals surface area contributed by atoms with E-state index < -0.39 is 0 Å². The lowest BCUT2D eigenvalue weighted by molar-refractivity contribution is -0.129. The molecule has 0 aromatic heterocycles. The lowest BCUT2D eigenvalue weighted by Gasteiger charge is -2.18. The lowest BCUT2D eigenvalue weighted by atomic mass is 10.1. The summed E-state index contributed by atoms with van der Waals surface area (Å²) in [6.45, 7) is 4.51. The number of benzene rings is 2. The van der Waals surface area contributed by atoms with Gasteiger partial charge in [-0.3, -0.25) is 9.59 Å². The molecule has 120 valence electrons. The van der Waals surface area contributed by atoms with Crippen molar-refractivity contribution < 1.29 is 9.59 Å². The molecule has 23 heavy (non-hydrogen) atoms. The van der Waals surface area contributed by atoms with Crippen molar-refractivity contribution in [1.29, 1.82) is 0 Å². The summed E-state index contributed by atoms with van der Waals surface area (Å²) in [5.41, 5.74) is 3.91. The molecule has 0 bridgehead atoms. The fourth-order valence-electron chi connectivity index (χ4n) is 2.23. The predicted molar refractivity (Wildman–Crippen MR) is 91.2 cm³/mol. The van der Waals surface area contributed by atoms with Crippen LogP contribution in [0.2, 0.25) is 0 Å². The average molecular weight is 310 g/mol. The van der Waals surface area contributed by atoms with Crippen LogP contribution in [-0.4, -0.2) is 30.3 Å². The smallest absolute Gasteiger partial charge is 0.251 e. The van der Waals surface area contributed by atoms with Gasteiger partial charge in [0.05, 0.1) is 6.54 Å². The van der Waals surface area contributed by atoms with E-state index in [9.17, 15) is 9.59 Å². The topological polar surface area (TPSA) is 49.4 Å². The molecule has 2 rings (SSSR count). The molecule has 0 radical (unpaired) electrons. The SMILES string of the molecule is Cc1ccc(C(=O)NCC(=O)N(C)Cc2ccccc2C)cc1. The van der Waals surface area contributed by atoms with Crippen molar-refractivity contribution in [2.45, 2.75) is 20.4 Å². The molecule has 0 saturated heterocycles. The van der Waals surface area contributed by atoms with E-state index in [1.807, 2.05) is 50.2 Å². The predicted octanol–water partition coefficient (Wildman–Crippen LogP) is 2.69. The van der Waals surface area contributed by atoms with Crippen LogP contribution in [0.1, 0.15) is 27.0 Å². The number of nitrogens with zero attached hydrogens (tertiary/aromatic N) is 1. The highest BCUT2D eigenvalue weighted by Crippen LogP contribution is 2.09. The zero-order valence-corrected chi connectivity index (χ0v) is 13.8. The van der Waals surface area contributed by atoms with E-state index in [1.54, 1.807) is 24.1 Å². The second kappa shape index (κ2) is 7.58. The Labute approximate surface area is 137 Å². The third-order valence-corrected chi connectivity index (χ3v) is 3.81. The standard InChI is InChI=1S/C19H22N2O2/c1-14-8-10-16(11-9-14)19(23)20-12-18(22)21(3)13-17-7-5-4-6-15(17)2/h4-11H,12-13H2,1-3H3,(H,20,23). The van der Waals surface area contributed by atoms with E-state index in [0.29, 0.717) is 12.1 Å². The zero-order chi connectivity index (χ0) is 16.8. The normalized spacial score (nSPS) is 10.2. The fourth-order valence-corrected chi connectivity index (χ4v) is 2.23. The molecular weight excluding hydrogens is 288 g/mol. The highest BCUT2D eigenvalue weighted by Gasteiger charge is 2.12. The van der Waals surface area contributed by atoms with Gasteiger partial charge in [0.2, 0.25) is 5.91 Å². The number of hydrogen-bond acceptors (Lipinski definition) is 2. The summed E-state index contributed by atoms with van der Waals surface area (Å²) in [4.78, 5) is 25.8. The number of nitrogens with one attached hydrogen (secondary N) is 1. The minimum atomic E-state index is -0.234. The Kier molecular flexibility index (Phi) is 5.52. The van der Waals surface area contributed by atoms with Gasteiger partial charge in [-0.2, -0.15) is 0 Å². The molecular formula is C19H22N2O2. The van der Waals surface area contributed by atoms with Crippen LogP contribution in [-0.2, 0) is 11.3 Å². The maximum absolute atomic E-state index is 12.2. The van der Waals surface area contributed by atoms with Crippen LogP contribution in [0.3, 0.4) is 0 Å². The molecule has 0 atom stereocenters. The monoisotopic (exact) mass is 310 g/mol. The van der Waals surface area contributed by atoms with E-state index in [4.69, 9.17) is 0 Å². The van der Waals surface area contributed by atoms with Crippen LogP contribution >= 0.6 is 0 Å². The van der Waals surface area contributed by atoms with Gasteiger partial charge in [-0.25, -0.2) is 0 Å². The van der Waals surface area contributed by atoms with Crippen molar-refractivity contribution in [3.63, 3.8) is 0 Å². The average Bonchev–Trinajstić information content (AvgIpc) is 2.55. The summed E-state index contributed by atoms with van der Waals surface area (Å²) in [6, 6.07) is 15.2. The summed E-state index contributed by atoms with van der Waals surface area (Å²) in [6.07, 6.45) is 0. The van der Waals surface area contributed by atoms with Crippen molar-refractivity contribution in [2.24, 2.45) is 0 Å². The molecule has 4 heteroatoms. The van der Waals surface area contributed by atoms with Gasteiger partial charge in [0.1, 0.15) is 0 Å². The number of hydrogen-bond donors (Lipinski definition) is 1. The van der Waals surface area contributed by atoms with Gasteiger partial charge in [-0.15, -0.1) is 0 Å². The lowest BCUT2D eigenvalue weighted by Crippen LogP contribution is -2.37. The third kappa shape index (κ3) is 4.68. The maximum atomic E-state index is 12.2. The van der Waals surface area contributed by atoms with Crippen molar-refractivity contribution in [2.75, 3.05) is 13.6 Å². The number of likely N-dealkylation sites (N-methyl/N-ethyl adjacent to an activating group) is 1. The van der Waals surface area contributed by atoms with Crippen LogP contribution < -0.4 is 5.32 Å². The second-order valence-corrected chi connectivity index (χ2v) is 5.72. The van der Waals surface area contributed by atoms with Crippen molar-refractivity contribution in [3.8, 4) is 0 Å². The van der Waals surface area contributed by atoms with E-state index in [-0.39, 0.29) is 18.4 Å². The van der Waals surface area contributed by atoms with Gasteiger partial charge in [-0.1, -0.05) is 42.0 Å². The summed E-state index contributed by atoms with van der Waals surface area (Å²) < 4.78 is 0. The number of aryl methyl sites for hydroxylation is 2. The van der Waals surface area contributed by atoms with Gasteiger partial charge in [0.25, 0.3) is 5.91 Å². The molecule has 0 unspecified atom stereocenters. The van der Waals surface area contributed by atoms with Crippen molar-refractivity contribution in [1.82, 2.24) is 10.2 Å². The number of carbonyl (C=O) groups excluding carboxylic acids is 2. The van der Waals surface area contributed by atoms with Gasteiger partial charge >= 0.3 is 0 Å². The fraction of sp³-hybridized carbons (Fsp3) is 0.263. The zero-order valence-electron chi connectivity index (χ0n) is 13.8. The first-order valence-corrected chi connectivity index (χ1v) is 7.60. The second-order valence-electron chi connectivity index (χ2n) is 5.72. The van der Waals surface area contributed by atoms with E-state index in [1.165, 1.54) is 0 Å². The van der Waals surface area contributed by atoms with E-state index >= 15 is 0 Å². The molecule has 0 saturated carbocycles.